The topological polar surface area (TPSA) is 3.24 Å². The Hall–Kier alpha value is 0.250. The normalized spacial score (nSPS) is 12.6. The van der Waals surface area contributed by atoms with E-state index in [1.807, 2.05) is 0 Å². The van der Waals surface area contributed by atoms with Crippen molar-refractivity contribution in [3.8, 4) is 0 Å². The molecule has 10 heavy (non-hydrogen) atoms. The van der Waals surface area contributed by atoms with Crippen LogP contribution in [0, 0.1) is 0 Å². The fraction of sp³-hybridized carbons (Fsp3) is 1.00. The van der Waals surface area contributed by atoms with Crippen LogP contribution in [0.5, 0.6) is 0 Å². The van der Waals surface area contributed by atoms with Crippen LogP contribution in [0.3, 0.4) is 0 Å². The van der Waals surface area contributed by atoms with Crippen LogP contribution in [0.2, 0.25) is 0 Å². The number of hydrogen-bond acceptors (Lipinski definition) is 1. The van der Waals surface area contributed by atoms with Crippen LogP contribution < -0.4 is 0 Å². The number of hydrogen-bond donors (Lipinski definition) is 0. The van der Waals surface area contributed by atoms with Crippen LogP contribution in [0.25, 0.3) is 0 Å². The first-order valence-corrected chi connectivity index (χ1v) is 4.13. The number of nitrogens with zero attached hydrogens (tertiary/aromatic N) is 1. The first kappa shape index (κ1) is 10.2. The molecular formula is C8H18ClN. The lowest BCUT2D eigenvalue weighted by molar-refractivity contribution is 0.383. The zero-order valence-corrected chi connectivity index (χ0v) is 8.20. The first-order valence-electron chi connectivity index (χ1n) is 3.75. The molecule has 0 heterocycles. The fourth-order valence-corrected chi connectivity index (χ4v) is 0.949. The van der Waals surface area contributed by atoms with Crippen LogP contribution in [0.4, 0.5) is 0 Å². The summed E-state index contributed by atoms with van der Waals surface area (Å²) in [6.07, 6.45) is 2.27. The standard InChI is InChI=1S/C8H18ClN/c1-8(2,9)6-5-7-10(3)4/h5-7H2,1-4H3. The van der Waals surface area contributed by atoms with Gasteiger partial charge in [-0.05, 0) is 47.3 Å². The van der Waals surface area contributed by atoms with Crippen molar-refractivity contribution >= 4 is 11.6 Å². The van der Waals surface area contributed by atoms with Crippen LogP contribution in [0.1, 0.15) is 26.7 Å². The third-order valence-corrected chi connectivity index (χ3v) is 1.57. The minimum Gasteiger partial charge on any atom is -0.309 e. The Morgan fingerprint density at radius 2 is 1.80 bits per heavy atom. The van der Waals surface area contributed by atoms with Gasteiger partial charge in [-0.15, -0.1) is 11.6 Å². The minimum atomic E-state index is -0.0178. The summed E-state index contributed by atoms with van der Waals surface area (Å²) in [6, 6.07) is 0. The molecule has 0 saturated heterocycles. The highest BCUT2D eigenvalue weighted by Gasteiger charge is 2.11. The molecule has 0 N–H and O–H groups in total. The van der Waals surface area contributed by atoms with Crippen LogP contribution in [0.15, 0.2) is 0 Å². The second kappa shape index (κ2) is 4.20. The predicted molar refractivity (Wildman–Crippen MR) is 47.7 cm³/mol. The second-order valence-corrected chi connectivity index (χ2v) is 4.65. The average Bonchev–Trinajstić information content (AvgIpc) is 1.59. The SMILES string of the molecule is CN(C)CCCC(C)(C)Cl. The van der Waals surface area contributed by atoms with E-state index in [4.69, 9.17) is 11.6 Å². The molecule has 0 unspecified atom stereocenters. The smallest absolute Gasteiger partial charge is 0.0391 e. The zero-order chi connectivity index (χ0) is 8.20. The molecule has 0 rings (SSSR count). The van der Waals surface area contributed by atoms with Crippen molar-refractivity contribution < 1.29 is 0 Å². The lowest BCUT2D eigenvalue weighted by Gasteiger charge is -2.16. The van der Waals surface area contributed by atoms with Gasteiger partial charge in [0.25, 0.3) is 0 Å². The van der Waals surface area contributed by atoms with Gasteiger partial charge < -0.3 is 4.90 Å². The first-order chi connectivity index (χ1) is 4.42. The maximum atomic E-state index is 6.00. The second-order valence-electron chi connectivity index (χ2n) is 3.63. The van der Waals surface area contributed by atoms with E-state index < -0.39 is 0 Å². The van der Waals surface area contributed by atoms with Gasteiger partial charge in [0.2, 0.25) is 0 Å². The summed E-state index contributed by atoms with van der Waals surface area (Å²) in [7, 11) is 4.17. The molecule has 0 aromatic heterocycles. The molecule has 0 bridgehead atoms. The molecule has 0 aromatic rings. The Morgan fingerprint density at radius 1 is 1.30 bits per heavy atom. The van der Waals surface area contributed by atoms with Gasteiger partial charge in [0.15, 0.2) is 0 Å². The minimum absolute atomic E-state index is 0.0178. The van der Waals surface area contributed by atoms with Gasteiger partial charge >= 0.3 is 0 Å². The largest absolute Gasteiger partial charge is 0.309 e. The summed E-state index contributed by atoms with van der Waals surface area (Å²) >= 11 is 6.00. The molecule has 0 aliphatic rings. The molecule has 0 aliphatic heterocycles. The van der Waals surface area contributed by atoms with E-state index in [9.17, 15) is 0 Å². The molecule has 0 fully saturated rings. The van der Waals surface area contributed by atoms with Gasteiger partial charge in [-0.2, -0.15) is 0 Å². The Kier molecular flexibility index (Phi) is 4.30. The van der Waals surface area contributed by atoms with E-state index in [-0.39, 0.29) is 4.87 Å². The third-order valence-electron chi connectivity index (χ3n) is 1.38. The van der Waals surface area contributed by atoms with Gasteiger partial charge in [0, 0.05) is 4.87 Å². The summed E-state index contributed by atoms with van der Waals surface area (Å²) in [5.41, 5.74) is 0. The fourth-order valence-electron chi connectivity index (χ4n) is 0.816. The molecule has 1 nitrogen and oxygen atoms in total. The Morgan fingerprint density at radius 3 is 2.10 bits per heavy atom. The summed E-state index contributed by atoms with van der Waals surface area (Å²) in [4.78, 5) is 2.17. The Balaban J connectivity index is 3.21. The quantitative estimate of drug-likeness (QED) is 0.576. The van der Waals surface area contributed by atoms with Crippen molar-refractivity contribution in [3.05, 3.63) is 0 Å². The van der Waals surface area contributed by atoms with Crippen LogP contribution >= 0.6 is 11.6 Å². The Labute approximate surface area is 69.4 Å². The zero-order valence-electron chi connectivity index (χ0n) is 7.45. The van der Waals surface area contributed by atoms with Gasteiger partial charge in [-0.3, -0.25) is 0 Å². The molecule has 2 heteroatoms. The molecular weight excluding hydrogens is 146 g/mol. The van der Waals surface area contributed by atoms with Gasteiger partial charge in [0.05, 0.1) is 0 Å². The summed E-state index contributed by atoms with van der Waals surface area (Å²) < 4.78 is 0. The van der Waals surface area contributed by atoms with Gasteiger partial charge in [0.1, 0.15) is 0 Å². The number of halogens is 1. The average molecular weight is 164 g/mol. The maximum absolute atomic E-state index is 6.00. The highest BCUT2D eigenvalue weighted by molar-refractivity contribution is 6.23. The molecule has 0 atom stereocenters. The molecule has 0 aromatic carbocycles. The Bertz CT molecular complexity index is 83.7. The predicted octanol–water partition coefficient (Wildman–Crippen LogP) is 2.35. The van der Waals surface area contributed by atoms with E-state index in [1.54, 1.807) is 0 Å². The highest BCUT2D eigenvalue weighted by Crippen LogP contribution is 2.19. The van der Waals surface area contributed by atoms with E-state index >= 15 is 0 Å². The van der Waals surface area contributed by atoms with Crippen molar-refractivity contribution in [2.75, 3.05) is 20.6 Å². The highest BCUT2D eigenvalue weighted by atomic mass is 35.5. The summed E-state index contributed by atoms with van der Waals surface area (Å²) in [5, 5.41) is 0. The molecule has 0 spiro atoms. The van der Waals surface area contributed by atoms with Gasteiger partial charge in [-0.1, -0.05) is 0 Å². The van der Waals surface area contributed by atoms with Gasteiger partial charge in [-0.25, -0.2) is 0 Å². The lowest BCUT2D eigenvalue weighted by Crippen LogP contribution is -2.17. The van der Waals surface area contributed by atoms with E-state index in [0.717, 1.165) is 13.0 Å². The van der Waals surface area contributed by atoms with Crippen molar-refractivity contribution in [3.63, 3.8) is 0 Å². The van der Waals surface area contributed by atoms with E-state index in [0.29, 0.717) is 0 Å². The van der Waals surface area contributed by atoms with Crippen molar-refractivity contribution in [1.82, 2.24) is 4.90 Å². The maximum Gasteiger partial charge on any atom is 0.0391 e. The van der Waals surface area contributed by atoms with Crippen molar-refractivity contribution in [2.45, 2.75) is 31.6 Å². The third kappa shape index (κ3) is 8.25. The molecule has 62 valence electrons. The molecule has 0 radical (unpaired) electrons. The lowest BCUT2D eigenvalue weighted by atomic mass is 10.1. The van der Waals surface area contributed by atoms with Crippen molar-refractivity contribution in [1.29, 1.82) is 0 Å². The van der Waals surface area contributed by atoms with E-state index in [1.165, 1.54) is 6.42 Å². The summed E-state index contributed by atoms with van der Waals surface area (Å²) in [5.74, 6) is 0. The summed E-state index contributed by atoms with van der Waals surface area (Å²) in [6.45, 7) is 5.25. The van der Waals surface area contributed by atoms with Crippen LogP contribution in [-0.2, 0) is 0 Å². The monoisotopic (exact) mass is 163 g/mol. The molecule has 0 aliphatic carbocycles. The number of rotatable bonds is 4. The van der Waals surface area contributed by atoms with Crippen molar-refractivity contribution in [2.24, 2.45) is 0 Å². The number of alkyl halides is 1. The van der Waals surface area contributed by atoms with Crippen LogP contribution in [-0.4, -0.2) is 30.4 Å². The van der Waals surface area contributed by atoms with E-state index in [2.05, 4.69) is 32.8 Å². The molecule has 0 amide bonds. The molecule has 0 saturated carbocycles.